The lowest BCUT2D eigenvalue weighted by Gasteiger charge is -2.31. The van der Waals surface area contributed by atoms with Crippen molar-refractivity contribution in [2.75, 3.05) is 20.1 Å². The van der Waals surface area contributed by atoms with Gasteiger partial charge in [-0.25, -0.2) is 0 Å². The molecule has 0 atom stereocenters. The van der Waals surface area contributed by atoms with Crippen LogP contribution in [0.15, 0.2) is 6.07 Å². The first-order valence-corrected chi connectivity index (χ1v) is 7.22. The van der Waals surface area contributed by atoms with Crippen LogP contribution in [0.3, 0.4) is 0 Å². The van der Waals surface area contributed by atoms with E-state index in [1.807, 2.05) is 29.6 Å². The lowest BCUT2D eigenvalue weighted by atomic mass is 10.1. The molecule has 1 aromatic heterocycles. The molecule has 0 spiro atoms. The number of hydrogen-bond donors (Lipinski definition) is 1. The molecule has 1 aliphatic heterocycles. The number of rotatable bonds is 4. The minimum Gasteiger partial charge on any atom is -0.337 e. The second-order valence-corrected chi connectivity index (χ2v) is 5.09. The van der Waals surface area contributed by atoms with Crippen molar-refractivity contribution in [2.45, 2.75) is 45.7 Å². The van der Waals surface area contributed by atoms with Gasteiger partial charge in [-0.1, -0.05) is 6.92 Å². The van der Waals surface area contributed by atoms with E-state index in [4.69, 9.17) is 0 Å². The molecule has 2 rings (SSSR count). The molecule has 1 aromatic rings. The number of amides is 1. The van der Waals surface area contributed by atoms with Crippen molar-refractivity contribution in [3.8, 4) is 0 Å². The molecule has 2 heterocycles. The summed E-state index contributed by atoms with van der Waals surface area (Å²) in [5, 5.41) is 7.78. The molecule has 0 radical (unpaired) electrons. The fourth-order valence-corrected chi connectivity index (χ4v) is 2.60. The fourth-order valence-electron chi connectivity index (χ4n) is 2.60. The van der Waals surface area contributed by atoms with E-state index in [0.717, 1.165) is 50.3 Å². The molecule has 1 N–H and O–H groups in total. The zero-order chi connectivity index (χ0) is 13.8. The first-order valence-electron chi connectivity index (χ1n) is 7.22. The fraction of sp³-hybridized carbons (Fsp3) is 0.714. The number of carbonyl (C=O) groups is 1. The highest BCUT2D eigenvalue weighted by Crippen LogP contribution is 2.15. The summed E-state index contributed by atoms with van der Waals surface area (Å²) in [7, 11) is 1.91. The second kappa shape index (κ2) is 6.19. The van der Waals surface area contributed by atoms with Gasteiger partial charge >= 0.3 is 0 Å². The molecular formula is C14H24N4O. The normalized spacial score (nSPS) is 16.6. The molecule has 106 valence electrons. The molecule has 5 heteroatoms. The van der Waals surface area contributed by atoms with Gasteiger partial charge in [-0.2, -0.15) is 5.10 Å². The Morgan fingerprint density at radius 1 is 1.47 bits per heavy atom. The third kappa shape index (κ3) is 2.97. The topological polar surface area (TPSA) is 50.2 Å². The Morgan fingerprint density at radius 2 is 2.16 bits per heavy atom. The molecule has 0 saturated carbocycles. The Balaban J connectivity index is 2.15. The molecule has 0 bridgehead atoms. The van der Waals surface area contributed by atoms with E-state index in [1.54, 1.807) is 0 Å². The van der Waals surface area contributed by atoms with Gasteiger partial charge in [-0.05, 0) is 45.3 Å². The summed E-state index contributed by atoms with van der Waals surface area (Å²) in [6.07, 6.45) is 2.93. The monoisotopic (exact) mass is 264 g/mol. The third-order valence-electron chi connectivity index (χ3n) is 3.89. The highest BCUT2D eigenvalue weighted by atomic mass is 16.2. The van der Waals surface area contributed by atoms with Crippen LogP contribution >= 0.6 is 0 Å². The van der Waals surface area contributed by atoms with Crippen molar-refractivity contribution >= 4 is 5.91 Å². The lowest BCUT2D eigenvalue weighted by Crippen LogP contribution is -2.44. The van der Waals surface area contributed by atoms with Crippen LogP contribution in [-0.4, -0.2) is 46.8 Å². The minimum atomic E-state index is 0.0981. The van der Waals surface area contributed by atoms with Gasteiger partial charge in [0.15, 0.2) is 0 Å². The average molecular weight is 264 g/mol. The van der Waals surface area contributed by atoms with E-state index in [2.05, 4.69) is 17.3 Å². The van der Waals surface area contributed by atoms with Crippen molar-refractivity contribution < 1.29 is 4.79 Å². The van der Waals surface area contributed by atoms with Gasteiger partial charge in [0.25, 0.3) is 5.91 Å². The molecule has 19 heavy (non-hydrogen) atoms. The van der Waals surface area contributed by atoms with Crippen LogP contribution in [0.4, 0.5) is 0 Å². The van der Waals surface area contributed by atoms with Crippen molar-refractivity contribution in [1.29, 1.82) is 0 Å². The average Bonchev–Trinajstić information content (AvgIpc) is 2.90. The van der Waals surface area contributed by atoms with E-state index < -0.39 is 0 Å². The highest BCUT2D eigenvalue weighted by Gasteiger charge is 2.25. The Bertz CT molecular complexity index is 435. The maximum atomic E-state index is 12.6. The van der Waals surface area contributed by atoms with E-state index >= 15 is 0 Å². The van der Waals surface area contributed by atoms with Gasteiger partial charge in [0.1, 0.15) is 5.69 Å². The Labute approximate surface area is 115 Å². The predicted octanol–water partition coefficient (Wildman–Crippen LogP) is 1.29. The molecule has 1 aliphatic rings. The molecule has 0 aliphatic carbocycles. The first kappa shape index (κ1) is 14.1. The SMILES string of the molecule is CCc1cc(C(=O)N(C)C2CCNCC2)n(CC)n1. The molecule has 0 aromatic carbocycles. The Hall–Kier alpha value is -1.36. The van der Waals surface area contributed by atoms with Crippen molar-refractivity contribution in [2.24, 2.45) is 0 Å². The number of hydrogen-bond acceptors (Lipinski definition) is 3. The van der Waals surface area contributed by atoms with Gasteiger partial charge in [0.2, 0.25) is 0 Å². The lowest BCUT2D eigenvalue weighted by molar-refractivity contribution is 0.0690. The summed E-state index contributed by atoms with van der Waals surface area (Å²) < 4.78 is 1.82. The largest absolute Gasteiger partial charge is 0.337 e. The van der Waals surface area contributed by atoms with Crippen LogP contribution in [0.5, 0.6) is 0 Å². The van der Waals surface area contributed by atoms with E-state index in [0.29, 0.717) is 6.04 Å². The van der Waals surface area contributed by atoms with Crippen LogP contribution in [0, 0.1) is 0 Å². The van der Waals surface area contributed by atoms with Crippen LogP contribution in [0.2, 0.25) is 0 Å². The van der Waals surface area contributed by atoms with Gasteiger partial charge in [0, 0.05) is 19.6 Å². The number of aromatic nitrogens is 2. The number of aryl methyl sites for hydroxylation is 2. The van der Waals surface area contributed by atoms with Gasteiger partial charge in [-0.3, -0.25) is 9.48 Å². The Kier molecular flexibility index (Phi) is 4.58. The summed E-state index contributed by atoms with van der Waals surface area (Å²) in [6.45, 7) is 6.81. The smallest absolute Gasteiger partial charge is 0.272 e. The zero-order valence-corrected chi connectivity index (χ0v) is 12.1. The Morgan fingerprint density at radius 3 is 2.74 bits per heavy atom. The van der Waals surface area contributed by atoms with Gasteiger partial charge < -0.3 is 10.2 Å². The zero-order valence-electron chi connectivity index (χ0n) is 12.1. The maximum absolute atomic E-state index is 12.6. The highest BCUT2D eigenvalue weighted by molar-refractivity contribution is 5.92. The van der Waals surface area contributed by atoms with Crippen LogP contribution in [0.25, 0.3) is 0 Å². The number of piperidine rings is 1. The van der Waals surface area contributed by atoms with E-state index in [9.17, 15) is 4.79 Å². The standard InChI is InChI=1S/C14H24N4O/c1-4-11-10-13(18(5-2)16-11)14(19)17(3)12-6-8-15-9-7-12/h10,12,15H,4-9H2,1-3H3. The van der Waals surface area contributed by atoms with Crippen molar-refractivity contribution in [1.82, 2.24) is 20.0 Å². The molecule has 0 unspecified atom stereocenters. The van der Waals surface area contributed by atoms with Crippen LogP contribution in [-0.2, 0) is 13.0 Å². The molecule has 1 fully saturated rings. The minimum absolute atomic E-state index is 0.0981. The van der Waals surface area contributed by atoms with Crippen LogP contribution in [0.1, 0.15) is 42.9 Å². The van der Waals surface area contributed by atoms with Crippen molar-refractivity contribution in [3.05, 3.63) is 17.5 Å². The number of carbonyl (C=O) groups excluding carboxylic acids is 1. The molecule has 1 amide bonds. The van der Waals surface area contributed by atoms with E-state index in [-0.39, 0.29) is 5.91 Å². The third-order valence-corrected chi connectivity index (χ3v) is 3.89. The molecule has 5 nitrogen and oxygen atoms in total. The first-order chi connectivity index (χ1) is 9.17. The predicted molar refractivity (Wildman–Crippen MR) is 75.3 cm³/mol. The van der Waals surface area contributed by atoms with Gasteiger partial charge in [-0.15, -0.1) is 0 Å². The van der Waals surface area contributed by atoms with Gasteiger partial charge in [0.05, 0.1) is 5.69 Å². The van der Waals surface area contributed by atoms with Crippen molar-refractivity contribution in [3.63, 3.8) is 0 Å². The maximum Gasteiger partial charge on any atom is 0.272 e. The quantitative estimate of drug-likeness (QED) is 0.891. The summed E-state index contributed by atoms with van der Waals surface area (Å²) in [5.74, 6) is 0.0981. The summed E-state index contributed by atoms with van der Waals surface area (Å²) in [6, 6.07) is 2.28. The number of nitrogens with one attached hydrogen (secondary N) is 1. The number of nitrogens with zero attached hydrogens (tertiary/aromatic N) is 3. The second-order valence-electron chi connectivity index (χ2n) is 5.09. The molecule has 1 saturated heterocycles. The molecular weight excluding hydrogens is 240 g/mol. The summed E-state index contributed by atoms with van der Waals surface area (Å²) in [5.41, 5.74) is 1.71. The summed E-state index contributed by atoms with van der Waals surface area (Å²) >= 11 is 0. The van der Waals surface area contributed by atoms with E-state index in [1.165, 1.54) is 0 Å². The summed E-state index contributed by atoms with van der Waals surface area (Å²) in [4.78, 5) is 14.5. The van der Waals surface area contributed by atoms with Crippen LogP contribution < -0.4 is 5.32 Å².